The van der Waals surface area contributed by atoms with E-state index in [0.29, 0.717) is 5.92 Å². The van der Waals surface area contributed by atoms with Crippen molar-refractivity contribution in [3.05, 3.63) is 71.0 Å². The Morgan fingerprint density at radius 1 is 1.10 bits per heavy atom. The van der Waals surface area contributed by atoms with Crippen molar-refractivity contribution >= 4 is 0 Å². The van der Waals surface area contributed by atoms with Crippen LogP contribution < -0.4 is 5.32 Å². The molecule has 0 aromatic heterocycles. The predicted molar refractivity (Wildman–Crippen MR) is 80.2 cm³/mol. The van der Waals surface area contributed by atoms with Crippen LogP contribution >= 0.6 is 0 Å². The molecule has 2 aromatic rings. The molecule has 0 saturated carbocycles. The van der Waals surface area contributed by atoms with Crippen LogP contribution in [0.25, 0.3) is 0 Å². The zero-order chi connectivity index (χ0) is 13.9. The minimum absolute atomic E-state index is 0.154. The third-order valence-electron chi connectivity index (χ3n) is 4.38. The van der Waals surface area contributed by atoms with Crippen molar-refractivity contribution in [3.63, 3.8) is 0 Å². The molecular weight excluding hydrogens is 249 g/mol. The fraction of sp³-hybridized carbons (Fsp3) is 0.333. The molecule has 0 spiro atoms. The molecule has 0 amide bonds. The summed E-state index contributed by atoms with van der Waals surface area (Å²) in [6, 6.07) is 15.9. The van der Waals surface area contributed by atoms with Gasteiger partial charge in [0.2, 0.25) is 0 Å². The molecule has 1 aliphatic carbocycles. The lowest BCUT2D eigenvalue weighted by atomic mass is 9.78. The van der Waals surface area contributed by atoms with Gasteiger partial charge in [-0.25, -0.2) is 4.39 Å². The van der Waals surface area contributed by atoms with Gasteiger partial charge in [-0.05, 0) is 61.1 Å². The fourth-order valence-corrected chi connectivity index (χ4v) is 3.39. The summed E-state index contributed by atoms with van der Waals surface area (Å²) in [6.07, 6.45) is 3.34. The average molecular weight is 269 g/mol. The first kappa shape index (κ1) is 13.3. The Balaban J connectivity index is 1.85. The SMILES string of the molecule is CNC(c1cccc(F)c1)C1CCc2ccccc2C1. The third kappa shape index (κ3) is 2.61. The second kappa shape index (κ2) is 5.76. The smallest absolute Gasteiger partial charge is 0.123 e. The van der Waals surface area contributed by atoms with Crippen LogP contribution in [0.15, 0.2) is 48.5 Å². The van der Waals surface area contributed by atoms with E-state index < -0.39 is 0 Å². The standard InChI is InChI=1S/C18H20FN/c1-20-18(15-7-4-8-17(19)12-15)16-10-9-13-5-2-3-6-14(13)11-16/h2-8,12,16,18,20H,9-11H2,1H3. The molecule has 1 N–H and O–H groups in total. The summed E-state index contributed by atoms with van der Waals surface area (Å²) < 4.78 is 13.4. The van der Waals surface area contributed by atoms with E-state index in [1.165, 1.54) is 17.2 Å². The number of halogens is 1. The summed E-state index contributed by atoms with van der Waals surface area (Å²) >= 11 is 0. The van der Waals surface area contributed by atoms with Crippen LogP contribution in [-0.4, -0.2) is 7.05 Å². The molecule has 0 radical (unpaired) electrons. The Hall–Kier alpha value is -1.67. The fourth-order valence-electron chi connectivity index (χ4n) is 3.39. The van der Waals surface area contributed by atoms with E-state index in [-0.39, 0.29) is 11.9 Å². The zero-order valence-electron chi connectivity index (χ0n) is 11.8. The van der Waals surface area contributed by atoms with Crippen molar-refractivity contribution in [1.82, 2.24) is 5.32 Å². The van der Waals surface area contributed by atoms with Crippen molar-refractivity contribution in [2.45, 2.75) is 25.3 Å². The van der Waals surface area contributed by atoms with Crippen LogP contribution in [0.4, 0.5) is 4.39 Å². The Bertz CT molecular complexity index is 593. The highest BCUT2D eigenvalue weighted by atomic mass is 19.1. The van der Waals surface area contributed by atoms with Crippen molar-refractivity contribution in [3.8, 4) is 0 Å². The number of aryl methyl sites for hydroxylation is 1. The summed E-state index contributed by atoms with van der Waals surface area (Å²) in [4.78, 5) is 0. The van der Waals surface area contributed by atoms with Gasteiger partial charge in [-0.3, -0.25) is 0 Å². The number of nitrogens with one attached hydrogen (secondary N) is 1. The largest absolute Gasteiger partial charge is 0.313 e. The van der Waals surface area contributed by atoms with E-state index in [1.54, 1.807) is 12.1 Å². The Morgan fingerprint density at radius 3 is 2.65 bits per heavy atom. The molecule has 2 unspecified atom stereocenters. The second-order valence-corrected chi connectivity index (χ2v) is 5.59. The second-order valence-electron chi connectivity index (χ2n) is 5.59. The molecule has 0 aliphatic heterocycles. The van der Waals surface area contributed by atoms with Crippen molar-refractivity contribution in [2.75, 3.05) is 7.05 Å². The van der Waals surface area contributed by atoms with Crippen LogP contribution in [-0.2, 0) is 12.8 Å². The zero-order valence-corrected chi connectivity index (χ0v) is 11.8. The van der Waals surface area contributed by atoms with Crippen LogP contribution in [0, 0.1) is 11.7 Å². The maximum Gasteiger partial charge on any atom is 0.123 e. The number of hydrogen-bond acceptors (Lipinski definition) is 1. The molecule has 1 nitrogen and oxygen atoms in total. The van der Waals surface area contributed by atoms with Gasteiger partial charge in [0.05, 0.1) is 0 Å². The van der Waals surface area contributed by atoms with Gasteiger partial charge in [-0.1, -0.05) is 36.4 Å². The molecule has 0 bridgehead atoms. The molecule has 20 heavy (non-hydrogen) atoms. The maximum atomic E-state index is 13.4. The topological polar surface area (TPSA) is 12.0 Å². The first-order chi connectivity index (χ1) is 9.78. The van der Waals surface area contributed by atoms with Crippen molar-refractivity contribution < 1.29 is 4.39 Å². The first-order valence-corrected chi connectivity index (χ1v) is 7.27. The lowest BCUT2D eigenvalue weighted by molar-refractivity contribution is 0.341. The Morgan fingerprint density at radius 2 is 1.90 bits per heavy atom. The monoisotopic (exact) mass is 269 g/mol. The van der Waals surface area contributed by atoms with Crippen molar-refractivity contribution in [2.24, 2.45) is 5.92 Å². The number of benzene rings is 2. The summed E-state index contributed by atoms with van der Waals surface area (Å²) in [7, 11) is 1.97. The molecule has 1 aliphatic rings. The van der Waals surface area contributed by atoms with Gasteiger partial charge >= 0.3 is 0 Å². The van der Waals surface area contributed by atoms with Gasteiger partial charge in [-0.2, -0.15) is 0 Å². The van der Waals surface area contributed by atoms with E-state index >= 15 is 0 Å². The molecule has 0 heterocycles. The van der Waals surface area contributed by atoms with Gasteiger partial charge in [-0.15, -0.1) is 0 Å². The predicted octanol–water partition coefficient (Wildman–Crippen LogP) is 3.89. The first-order valence-electron chi connectivity index (χ1n) is 7.27. The number of hydrogen-bond donors (Lipinski definition) is 1. The van der Waals surface area contributed by atoms with Crippen LogP contribution in [0.2, 0.25) is 0 Å². The van der Waals surface area contributed by atoms with Crippen molar-refractivity contribution in [1.29, 1.82) is 0 Å². The Kier molecular flexibility index (Phi) is 3.83. The highest BCUT2D eigenvalue weighted by Crippen LogP contribution is 2.34. The summed E-state index contributed by atoms with van der Waals surface area (Å²) in [5, 5.41) is 3.38. The molecule has 2 aromatic carbocycles. The minimum atomic E-state index is -0.154. The highest BCUT2D eigenvalue weighted by molar-refractivity contribution is 5.31. The molecular formula is C18H20FN. The molecule has 0 fully saturated rings. The minimum Gasteiger partial charge on any atom is -0.313 e. The number of fused-ring (bicyclic) bond motifs is 1. The summed E-state index contributed by atoms with van der Waals surface area (Å²) in [6.45, 7) is 0. The van der Waals surface area contributed by atoms with Gasteiger partial charge in [0.1, 0.15) is 5.82 Å². The summed E-state index contributed by atoms with van der Waals surface area (Å²) in [5.41, 5.74) is 3.97. The highest BCUT2D eigenvalue weighted by Gasteiger charge is 2.26. The van der Waals surface area contributed by atoms with E-state index in [9.17, 15) is 4.39 Å². The van der Waals surface area contributed by atoms with Crippen LogP contribution in [0.5, 0.6) is 0 Å². The normalized spacial score (nSPS) is 19.4. The maximum absolute atomic E-state index is 13.4. The molecule has 0 saturated heterocycles. The van der Waals surface area contributed by atoms with Crippen LogP contribution in [0.3, 0.4) is 0 Å². The molecule has 2 heteroatoms. The lowest BCUT2D eigenvalue weighted by Crippen LogP contribution is -2.29. The van der Waals surface area contributed by atoms with Gasteiger partial charge in [0.15, 0.2) is 0 Å². The number of rotatable bonds is 3. The lowest BCUT2D eigenvalue weighted by Gasteiger charge is -2.31. The molecule has 3 rings (SSSR count). The molecule has 104 valence electrons. The quantitative estimate of drug-likeness (QED) is 0.891. The third-order valence-corrected chi connectivity index (χ3v) is 4.38. The van der Waals surface area contributed by atoms with Gasteiger partial charge in [0, 0.05) is 6.04 Å². The van der Waals surface area contributed by atoms with Gasteiger partial charge in [0.25, 0.3) is 0 Å². The molecule has 2 atom stereocenters. The van der Waals surface area contributed by atoms with Crippen LogP contribution in [0.1, 0.15) is 29.2 Å². The van der Waals surface area contributed by atoms with E-state index in [0.717, 1.165) is 24.8 Å². The average Bonchev–Trinajstić information content (AvgIpc) is 2.48. The van der Waals surface area contributed by atoms with E-state index in [2.05, 4.69) is 29.6 Å². The van der Waals surface area contributed by atoms with E-state index in [4.69, 9.17) is 0 Å². The summed E-state index contributed by atoms with van der Waals surface area (Å²) in [5.74, 6) is 0.371. The van der Waals surface area contributed by atoms with E-state index in [1.807, 2.05) is 13.1 Å². The van der Waals surface area contributed by atoms with Gasteiger partial charge < -0.3 is 5.32 Å². The Labute approximate surface area is 119 Å².